The van der Waals surface area contributed by atoms with Crippen molar-refractivity contribution in [2.45, 2.75) is 43.6 Å². The molecular formula is C128H82N14S4. The number of fused-ring (bicyclic) bond motifs is 38. The first-order valence-corrected chi connectivity index (χ1v) is 50.5. The van der Waals surface area contributed by atoms with E-state index in [1.54, 1.807) is 50.5 Å². The van der Waals surface area contributed by atoms with Crippen molar-refractivity contribution in [1.82, 2.24) is 65.6 Å². The summed E-state index contributed by atoms with van der Waals surface area (Å²) in [5, 5.41) is 6.69. The van der Waals surface area contributed by atoms with Crippen molar-refractivity contribution in [3.63, 3.8) is 0 Å². The van der Waals surface area contributed by atoms with Crippen molar-refractivity contribution >= 4 is 222 Å². The molecule has 14 nitrogen and oxygen atoms in total. The number of thioether (sulfide) groups is 4. The Morgan fingerprint density at radius 2 is 0.397 bits per heavy atom. The highest BCUT2D eigenvalue weighted by molar-refractivity contribution is 7.99. The van der Waals surface area contributed by atoms with Crippen molar-refractivity contribution in [2.75, 3.05) is 0 Å². The number of aromatic nitrogens is 14. The standard InChI is InChI=1S/2C38H24N4S.2C26H17N3S/c1-5-13-33-27(9-1)28-10-2-6-14-34(28)41(33)26-18-20-36-30(22-26)29-11-3-7-15-35(29)40(36)25-17-19-32-24(21-25)23-43-38-39-31-12-4-8-16-37(31)42(32)38;1-5-13-33-27(9-1)28-10-2-6-14-34(28)40(33)25-17-19-32-24(21-25)23-43-38-39-31-22-26(18-20-37(31)42(32)38)41-35-15-7-3-11-29(35)30-12-4-8-16-36(30)41;2*1-4-10-23-19(7-1)20-8-2-5-11-24(20)28(23)18-13-14-22-17(15-18)16-30-26-27-21-9-3-6-12-25(21)29(22)26/h2*1-22H,23H2;2*1-15H,16H2/i1D,2D,3D,5D,6D,7D,9D,10D,11D,13D,14D,15D,18D,20D,22D;1D,2D,5D,6D,9D,10D,13D,14D;1D,2D,4D,5D,7D,8D,10D,11D;1D,4D,7D,10D. The van der Waals surface area contributed by atoms with Crippen LogP contribution >= 0.6 is 47.0 Å². The Hall–Kier alpha value is -17.5. The molecule has 4 aliphatic heterocycles. The molecule has 10 aromatic heterocycles. The van der Waals surface area contributed by atoms with Crippen LogP contribution in [0.4, 0.5) is 0 Å². The molecule has 688 valence electrons. The van der Waals surface area contributed by atoms with Crippen molar-refractivity contribution in [3.05, 3.63) is 470 Å². The topological polar surface area (TPSA) is 101 Å². The minimum atomic E-state index is -0.700. The van der Waals surface area contributed by atoms with Gasteiger partial charge in [0.05, 0.1) is 181 Å². The van der Waals surface area contributed by atoms with E-state index >= 15 is 0 Å². The molecule has 4 aliphatic rings. The minimum absolute atomic E-state index is 0.00556. The van der Waals surface area contributed by atoms with Gasteiger partial charge in [0.25, 0.3) is 0 Å². The Balaban J connectivity index is 0.000000105. The van der Waals surface area contributed by atoms with Gasteiger partial charge in [-0.2, -0.15) is 0 Å². The Labute approximate surface area is 901 Å². The van der Waals surface area contributed by atoms with Gasteiger partial charge in [0.2, 0.25) is 0 Å². The maximum absolute atomic E-state index is 9.80. The molecule has 34 rings (SSSR count). The summed E-state index contributed by atoms with van der Waals surface area (Å²) in [4.78, 5) is 19.3. The largest absolute Gasteiger partial charge is 0.309 e. The Bertz CT molecular complexity index is 12800. The fraction of sp³-hybridized carbons (Fsp3) is 0.0312. The Morgan fingerprint density at radius 1 is 0.171 bits per heavy atom. The lowest BCUT2D eigenvalue weighted by atomic mass is 10.1. The van der Waals surface area contributed by atoms with Crippen LogP contribution in [0.25, 0.3) is 232 Å². The maximum Gasteiger partial charge on any atom is 0.174 e. The molecule has 146 heavy (non-hydrogen) atoms. The first kappa shape index (κ1) is 55.8. The highest BCUT2D eigenvalue weighted by atomic mass is 32.2. The van der Waals surface area contributed by atoms with Crippen molar-refractivity contribution in [2.24, 2.45) is 0 Å². The van der Waals surface area contributed by atoms with Crippen LogP contribution in [0.2, 0.25) is 0 Å². The summed E-state index contributed by atoms with van der Waals surface area (Å²) >= 11 is 6.39. The van der Waals surface area contributed by atoms with Gasteiger partial charge in [0, 0.05) is 122 Å². The summed E-state index contributed by atoms with van der Waals surface area (Å²) in [6.07, 6.45) is 0. The lowest BCUT2D eigenvalue weighted by Gasteiger charge is -2.20. The molecule has 0 saturated carbocycles. The number of hydrogen-bond acceptors (Lipinski definition) is 8. The number of para-hydroxylation sites is 17. The minimum Gasteiger partial charge on any atom is -0.309 e. The quantitative estimate of drug-likeness (QED) is 0.162. The zero-order valence-corrected chi connectivity index (χ0v) is 79.0. The van der Waals surface area contributed by atoms with E-state index in [1.807, 2.05) is 155 Å². The van der Waals surface area contributed by atoms with Gasteiger partial charge in [-0.1, -0.05) is 283 Å². The van der Waals surface area contributed by atoms with Crippen LogP contribution in [-0.4, -0.2) is 65.6 Å². The monoisotopic (exact) mass is 1980 g/mol. The number of rotatable bonds is 6. The maximum atomic E-state index is 9.80. The molecule has 0 amide bonds. The molecule has 0 radical (unpaired) electrons. The van der Waals surface area contributed by atoms with Crippen LogP contribution in [0.3, 0.4) is 0 Å². The van der Waals surface area contributed by atoms with Gasteiger partial charge in [-0.05, 0) is 234 Å². The van der Waals surface area contributed by atoms with Crippen LogP contribution in [-0.2, 0) is 23.0 Å². The van der Waals surface area contributed by atoms with E-state index in [4.69, 9.17) is 63.8 Å². The van der Waals surface area contributed by atoms with Crippen LogP contribution in [0.1, 0.15) is 70.2 Å². The molecule has 0 saturated heterocycles. The molecule has 18 heteroatoms. The van der Waals surface area contributed by atoms with Gasteiger partial charge in [0.1, 0.15) is 0 Å². The van der Waals surface area contributed by atoms with Crippen LogP contribution in [0, 0.1) is 0 Å². The molecule has 20 aromatic carbocycles. The van der Waals surface area contributed by atoms with E-state index < -0.39 is 145 Å². The predicted molar refractivity (Wildman–Crippen MR) is 609 cm³/mol. The van der Waals surface area contributed by atoms with E-state index in [0.717, 1.165) is 153 Å². The van der Waals surface area contributed by atoms with E-state index in [-0.39, 0.29) is 160 Å². The molecular weight excluding hydrogens is 1860 g/mol. The first-order valence-electron chi connectivity index (χ1n) is 64.0. The van der Waals surface area contributed by atoms with Gasteiger partial charge in [-0.25, -0.2) is 19.9 Å². The Kier molecular flexibility index (Phi) is 12.6. The second-order valence-electron chi connectivity index (χ2n) is 35.3. The van der Waals surface area contributed by atoms with E-state index in [0.29, 0.717) is 45.2 Å². The molecule has 14 heterocycles. The molecule has 0 N–H and O–H groups in total. The molecule has 0 atom stereocenters. The second kappa shape index (κ2) is 33.0. The fourth-order valence-corrected chi connectivity index (χ4v) is 25.3. The van der Waals surface area contributed by atoms with Gasteiger partial charge in [0.15, 0.2) is 20.6 Å². The third-order valence-corrected chi connectivity index (χ3v) is 31.4. The van der Waals surface area contributed by atoms with E-state index in [2.05, 4.69) is 103 Å². The predicted octanol–water partition coefficient (Wildman–Crippen LogP) is 33.1. The lowest BCUT2D eigenvalue weighted by molar-refractivity contribution is 0.893. The normalized spacial score (nSPS) is 16.3. The number of benzene rings is 20. The van der Waals surface area contributed by atoms with E-state index in [1.165, 1.54) is 27.1 Å². The first-order chi connectivity index (χ1) is 87.0. The van der Waals surface area contributed by atoms with Crippen molar-refractivity contribution < 1.29 is 48.0 Å². The third kappa shape index (κ3) is 12.8. The summed E-state index contributed by atoms with van der Waals surface area (Å²) in [6.45, 7) is 0. The smallest absolute Gasteiger partial charge is 0.174 e. The van der Waals surface area contributed by atoms with Gasteiger partial charge >= 0.3 is 0 Å². The van der Waals surface area contributed by atoms with Crippen molar-refractivity contribution in [3.8, 4) is 56.9 Å². The molecule has 0 fully saturated rings. The van der Waals surface area contributed by atoms with Crippen molar-refractivity contribution in [1.29, 1.82) is 0 Å². The SMILES string of the molecule is [2H]c1c([2H])c([2H])c2c(c1[2H])c1c([2H])c(-n3c4c([2H])c([2H])c([2H])c([2H])c4c4c([2H])c([2H])c([2H])c([2H])c43)c([2H])c([2H])c1n2-c1ccc2c(c1)CSc1nc3ccccc3n1-2.[2H]c1c([2H])c([2H])c2c(c1[2H])c1c([2H])c([2H])c([2H])c([2H])c1n2-c1ccc2c(c1)CSc1nc3cc(-n4c5ccccc5c5ccccc54)ccc3n1-2.[2H]c1c([2H])c([2H])c2c(c1[2H])c1c([2H])c([2H])c([2H])c([2H])c1n2-c1ccc2c(c1)CSc1nc3ccccc3n1-2.[2H]c1c([2H])c([2H])c2c(c1[2H])c1ccccc1n2-c1ccc2c(c1)CSc1nc3ccccc3n1-2. The highest BCUT2D eigenvalue weighted by Crippen LogP contribution is 2.49. The van der Waals surface area contributed by atoms with Crippen LogP contribution in [0.5, 0.6) is 0 Å². The average Bonchev–Trinajstić information content (AvgIpc) is 1.52. The molecule has 0 unspecified atom stereocenters. The number of hydrogen-bond donors (Lipinski definition) is 0. The van der Waals surface area contributed by atoms with Gasteiger partial charge in [-0.3, -0.25) is 18.3 Å². The molecule has 0 spiro atoms. The summed E-state index contributed by atoms with van der Waals surface area (Å²) in [5.74, 6) is 2.48. The summed E-state index contributed by atoms with van der Waals surface area (Å²) in [7, 11) is 0. The summed E-state index contributed by atoms with van der Waals surface area (Å²) in [6, 6.07) is 61.8. The number of imidazole rings is 4. The zero-order valence-electron chi connectivity index (χ0n) is 111. The Morgan fingerprint density at radius 3 is 0.726 bits per heavy atom. The van der Waals surface area contributed by atoms with Gasteiger partial charge in [-0.15, -0.1) is 0 Å². The zero-order chi connectivity index (χ0) is 126. The van der Waals surface area contributed by atoms with Crippen LogP contribution in [0.15, 0.2) is 469 Å². The molecule has 30 aromatic rings. The molecule has 0 aliphatic carbocycles. The summed E-state index contributed by atoms with van der Waals surface area (Å²) < 4.78 is 322. The highest BCUT2D eigenvalue weighted by Gasteiger charge is 2.30. The van der Waals surface area contributed by atoms with Crippen LogP contribution < -0.4 is 0 Å². The summed E-state index contributed by atoms with van der Waals surface area (Å²) in [5.41, 5.74) is 21.2. The lowest BCUT2D eigenvalue weighted by Crippen LogP contribution is -2.07. The third-order valence-electron chi connectivity index (χ3n) is 27.5. The second-order valence-corrected chi connectivity index (χ2v) is 39.0. The molecule has 0 bridgehead atoms. The number of nitrogens with zero attached hydrogens (tertiary/aromatic N) is 14. The fourth-order valence-electron chi connectivity index (χ4n) is 21.3. The average molecular weight is 1980 g/mol. The van der Waals surface area contributed by atoms with E-state index in [9.17, 15) is 4.11 Å². The van der Waals surface area contributed by atoms with Gasteiger partial charge < -0.3 is 27.4 Å².